The van der Waals surface area contributed by atoms with E-state index < -0.39 is 5.54 Å². The molecular weight excluding hydrogens is 168 g/mol. The van der Waals surface area contributed by atoms with Crippen LogP contribution in [0.5, 0.6) is 0 Å². The molecule has 1 saturated heterocycles. The molecule has 1 aliphatic rings. The van der Waals surface area contributed by atoms with Gasteiger partial charge in [-0.25, -0.2) is 0 Å². The summed E-state index contributed by atoms with van der Waals surface area (Å²) in [5.41, 5.74) is -0.573. The van der Waals surface area contributed by atoms with Crippen LogP contribution in [0.3, 0.4) is 0 Å². The van der Waals surface area contributed by atoms with Gasteiger partial charge in [0.25, 0.3) is 0 Å². The van der Waals surface area contributed by atoms with Crippen molar-refractivity contribution < 1.29 is 10.0 Å². The fourth-order valence-corrected chi connectivity index (χ4v) is 1.89. The van der Waals surface area contributed by atoms with Crippen LogP contribution in [0.25, 0.3) is 0 Å². The van der Waals surface area contributed by atoms with E-state index in [1.165, 1.54) is 0 Å². The molecule has 0 radical (unpaired) electrons. The number of nitrogens with one attached hydrogen (secondary N) is 1. The lowest BCUT2D eigenvalue weighted by Gasteiger charge is -2.41. The number of hydrogen-bond donors (Lipinski definition) is 2. The minimum atomic E-state index is -0.636. The van der Waals surface area contributed by atoms with Crippen molar-refractivity contribution in [3.05, 3.63) is 0 Å². The van der Waals surface area contributed by atoms with Gasteiger partial charge < -0.3 is 5.21 Å². The van der Waals surface area contributed by atoms with Crippen molar-refractivity contribution in [2.75, 3.05) is 0 Å². The molecule has 0 spiro atoms. The maximum absolute atomic E-state index is 11.6. The van der Waals surface area contributed by atoms with Crippen molar-refractivity contribution in [2.24, 2.45) is 5.16 Å². The lowest BCUT2D eigenvalue weighted by molar-refractivity contribution is -0.119. The third-order valence-electron chi connectivity index (χ3n) is 2.21. The first-order chi connectivity index (χ1) is 5.78. The summed E-state index contributed by atoms with van der Waals surface area (Å²) >= 11 is 0. The number of rotatable bonds is 0. The Morgan fingerprint density at radius 2 is 1.92 bits per heavy atom. The normalized spacial score (nSPS) is 29.2. The molecule has 74 valence electrons. The number of Topliss-reactive ketones (excluding diaryl/α,β-unsaturated/α-hetero) is 1. The van der Waals surface area contributed by atoms with Crippen LogP contribution in [0.1, 0.15) is 34.1 Å². The Kier molecular flexibility index (Phi) is 2.20. The SMILES string of the molecule is CC1(C)C/C(=N\O)C(=O)C(C)(C)N1. The summed E-state index contributed by atoms with van der Waals surface area (Å²) in [6.07, 6.45) is 0.464. The average Bonchev–Trinajstić information content (AvgIpc) is 1.95. The lowest BCUT2D eigenvalue weighted by Crippen LogP contribution is -2.63. The van der Waals surface area contributed by atoms with E-state index in [4.69, 9.17) is 5.21 Å². The van der Waals surface area contributed by atoms with E-state index in [1.54, 1.807) is 13.8 Å². The third kappa shape index (κ3) is 1.88. The Labute approximate surface area is 78.0 Å². The fourth-order valence-electron chi connectivity index (χ4n) is 1.89. The zero-order valence-electron chi connectivity index (χ0n) is 8.51. The van der Waals surface area contributed by atoms with Gasteiger partial charge in [-0.15, -0.1) is 0 Å². The number of oxime groups is 1. The standard InChI is InChI=1S/C9H16N2O2/c1-8(2)5-6(10-13)7(12)9(3,4)11-8/h11,13H,5H2,1-4H3/b10-6+. The van der Waals surface area contributed by atoms with Crippen LogP contribution in [0, 0.1) is 0 Å². The summed E-state index contributed by atoms with van der Waals surface area (Å²) < 4.78 is 0. The van der Waals surface area contributed by atoms with Gasteiger partial charge in [0.05, 0.1) is 5.54 Å². The quantitative estimate of drug-likeness (QED) is 0.435. The molecule has 0 aromatic carbocycles. The molecule has 13 heavy (non-hydrogen) atoms. The van der Waals surface area contributed by atoms with E-state index in [0.29, 0.717) is 6.42 Å². The van der Waals surface area contributed by atoms with Crippen LogP contribution in [-0.4, -0.2) is 27.8 Å². The molecule has 0 unspecified atom stereocenters. The van der Waals surface area contributed by atoms with E-state index >= 15 is 0 Å². The van der Waals surface area contributed by atoms with Crippen molar-refractivity contribution in [3.8, 4) is 0 Å². The molecule has 1 aliphatic heterocycles. The van der Waals surface area contributed by atoms with Gasteiger partial charge in [-0.1, -0.05) is 5.16 Å². The minimum Gasteiger partial charge on any atom is -0.411 e. The Balaban J connectivity index is 3.02. The van der Waals surface area contributed by atoms with Crippen molar-refractivity contribution in [1.29, 1.82) is 0 Å². The first-order valence-corrected chi connectivity index (χ1v) is 4.33. The molecule has 0 aliphatic carbocycles. The monoisotopic (exact) mass is 184 g/mol. The van der Waals surface area contributed by atoms with Crippen LogP contribution in [0.15, 0.2) is 5.16 Å². The Hall–Kier alpha value is -0.900. The zero-order valence-corrected chi connectivity index (χ0v) is 8.51. The summed E-state index contributed by atoms with van der Waals surface area (Å²) in [5, 5.41) is 14.9. The second-order valence-electron chi connectivity index (χ2n) is 4.69. The maximum Gasteiger partial charge on any atom is 0.199 e. The lowest BCUT2D eigenvalue weighted by atomic mass is 9.80. The second-order valence-corrected chi connectivity index (χ2v) is 4.69. The fraction of sp³-hybridized carbons (Fsp3) is 0.778. The predicted molar refractivity (Wildman–Crippen MR) is 50.1 cm³/mol. The topological polar surface area (TPSA) is 61.7 Å². The molecule has 4 nitrogen and oxygen atoms in total. The van der Waals surface area contributed by atoms with E-state index in [9.17, 15) is 4.79 Å². The van der Waals surface area contributed by atoms with Crippen molar-refractivity contribution in [3.63, 3.8) is 0 Å². The highest BCUT2D eigenvalue weighted by Crippen LogP contribution is 2.23. The molecule has 1 heterocycles. The molecular formula is C9H16N2O2. The highest BCUT2D eigenvalue weighted by molar-refractivity contribution is 6.43. The highest BCUT2D eigenvalue weighted by atomic mass is 16.4. The van der Waals surface area contributed by atoms with Gasteiger partial charge in [-0.05, 0) is 27.7 Å². The summed E-state index contributed by atoms with van der Waals surface area (Å²) in [4.78, 5) is 11.6. The summed E-state index contributed by atoms with van der Waals surface area (Å²) in [7, 11) is 0. The molecule has 0 atom stereocenters. The third-order valence-corrected chi connectivity index (χ3v) is 2.21. The van der Waals surface area contributed by atoms with E-state index in [-0.39, 0.29) is 17.0 Å². The molecule has 1 fully saturated rings. The van der Waals surface area contributed by atoms with E-state index in [2.05, 4.69) is 10.5 Å². The number of piperidine rings is 1. The number of carbonyl (C=O) groups excluding carboxylic acids is 1. The van der Waals surface area contributed by atoms with Crippen molar-refractivity contribution in [2.45, 2.75) is 45.2 Å². The van der Waals surface area contributed by atoms with E-state index in [0.717, 1.165) is 0 Å². The Bertz CT molecular complexity index is 267. The van der Waals surface area contributed by atoms with Crippen molar-refractivity contribution >= 4 is 11.5 Å². The number of hydrogen-bond acceptors (Lipinski definition) is 4. The van der Waals surface area contributed by atoms with E-state index in [1.807, 2.05) is 13.8 Å². The molecule has 0 bridgehead atoms. The second kappa shape index (κ2) is 2.80. The highest BCUT2D eigenvalue weighted by Gasteiger charge is 2.42. The zero-order chi connectivity index (χ0) is 10.3. The smallest absolute Gasteiger partial charge is 0.199 e. The van der Waals surface area contributed by atoms with Gasteiger partial charge in [0.1, 0.15) is 5.71 Å². The van der Waals surface area contributed by atoms with Crippen LogP contribution < -0.4 is 5.32 Å². The van der Waals surface area contributed by atoms with Gasteiger partial charge in [0.15, 0.2) is 5.78 Å². The first-order valence-electron chi connectivity index (χ1n) is 4.33. The van der Waals surface area contributed by atoms with Gasteiger partial charge in [0.2, 0.25) is 0 Å². The van der Waals surface area contributed by atoms with Gasteiger partial charge in [-0.2, -0.15) is 0 Å². The summed E-state index contributed by atoms with van der Waals surface area (Å²) in [5.74, 6) is -0.130. The molecule has 0 aromatic heterocycles. The number of carbonyl (C=O) groups is 1. The molecule has 2 N–H and O–H groups in total. The van der Waals surface area contributed by atoms with Gasteiger partial charge in [0, 0.05) is 12.0 Å². The van der Waals surface area contributed by atoms with Crippen LogP contribution in [-0.2, 0) is 4.79 Å². The van der Waals surface area contributed by atoms with Crippen molar-refractivity contribution in [1.82, 2.24) is 5.32 Å². The van der Waals surface area contributed by atoms with Crippen LogP contribution in [0.2, 0.25) is 0 Å². The predicted octanol–water partition coefficient (Wildman–Crippen LogP) is 0.936. The van der Waals surface area contributed by atoms with Gasteiger partial charge >= 0.3 is 0 Å². The van der Waals surface area contributed by atoms with Crippen LogP contribution >= 0.6 is 0 Å². The maximum atomic E-state index is 11.6. The number of ketones is 1. The molecule has 0 aromatic rings. The molecule has 0 amide bonds. The van der Waals surface area contributed by atoms with Gasteiger partial charge in [-0.3, -0.25) is 10.1 Å². The van der Waals surface area contributed by atoms with Crippen LogP contribution in [0.4, 0.5) is 0 Å². The largest absolute Gasteiger partial charge is 0.411 e. The molecule has 1 rings (SSSR count). The Morgan fingerprint density at radius 3 is 2.38 bits per heavy atom. The average molecular weight is 184 g/mol. The molecule has 0 saturated carbocycles. The molecule has 4 heteroatoms. The summed E-state index contributed by atoms with van der Waals surface area (Å²) in [6.45, 7) is 7.54. The summed E-state index contributed by atoms with van der Waals surface area (Å²) in [6, 6.07) is 0. The Morgan fingerprint density at radius 1 is 1.38 bits per heavy atom. The first kappa shape index (κ1) is 10.2. The number of nitrogens with zero attached hydrogens (tertiary/aromatic N) is 1. The minimum absolute atomic E-state index is 0.130.